The van der Waals surface area contributed by atoms with Gasteiger partial charge in [-0.25, -0.2) is 9.97 Å². The summed E-state index contributed by atoms with van der Waals surface area (Å²) < 4.78 is 12.6. The van der Waals surface area contributed by atoms with Gasteiger partial charge in [0.25, 0.3) is 11.8 Å². The largest absolute Gasteiger partial charge is 0.493 e. The van der Waals surface area contributed by atoms with Crippen LogP contribution in [0.3, 0.4) is 0 Å². The minimum Gasteiger partial charge on any atom is -0.493 e. The molecule has 0 atom stereocenters. The summed E-state index contributed by atoms with van der Waals surface area (Å²) in [6, 6.07) is 19.4. The number of nitrogens with one attached hydrogen (secondary N) is 3. The Hall–Kier alpha value is -5.38. The summed E-state index contributed by atoms with van der Waals surface area (Å²) in [7, 11) is 4.70. The Morgan fingerprint density at radius 1 is 0.872 bits per heavy atom. The standard InChI is InChI=1S/C29H26N6O4/c1-30-29(37)21-11-9-19(33-28(36)18-7-5-4-6-8-18)15-22(21)23-17-35-14-13-31-27(35)26(34-23)32-20-10-12-24(38-2)25(16-20)39-3/h4-17H,1-3H3,(H,30,37)(H,32,34)(H,33,36). The Kier molecular flexibility index (Phi) is 7.09. The van der Waals surface area contributed by atoms with E-state index in [4.69, 9.17) is 14.5 Å². The Labute approximate surface area is 224 Å². The maximum atomic E-state index is 12.8. The predicted octanol–water partition coefficient (Wildman–Crippen LogP) is 4.77. The molecule has 5 rings (SSSR count). The van der Waals surface area contributed by atoms with E-state index in [1.165, 1.54) is 0 Å². The fourth-order valence-corrected chi connectivity index (χ4v) is 4.16. The van der Waals surface area contributed by atoms with Gasteiger partial charge in [-0.1, -0.05) is 18.2 Å². The molecule has 39 heavy (non-hydrogen) atoms. The van der Waals surface area contributed by atoms with Gasteiger partial charge in [-0.05, 0) is 42.5 Å². The third-order valence-electron chi connectivity index (χ3n) is 6.08. The second-order valence-corrected chi connectivity index (χ2v) is 8.49. The molecule has 5 aromatic rings. The molecule has 196 valence electrons. The molecule has 0 saturated carbocycles. The van der Waals surface area contributed by atoms with Crippen molar-refractivity contribution in [1.29, 1.82) is 0 Å². The van der Waals surface area contributed by atoms with Gasteiger partial charge in [0.1, 0.15) is 0 Å². The lowest BCUT2D eigenvalue weighted by Gasteiger charge is -2.15. The fourth-order valence-electron chi connectivity index (χ4n) is 4.16. The second-order valence-electron chi connectivity index (χ2n) is 8.49. The van der Waals surface area contributed by atoms with E-state index in [1.807, 2.05) is 16.5 Å². The number of carbonyl (C=O) groups is 2. The number of anilines is 3. The highest BCUT2D eigenvalue weighted by Crippen LogP contribution is 2.33. The highest BCUT2D eigenvalue weighted by atomic mass is 16.5. The number of amides is 2. The number of benzene rings is 3. The first-order valence-electron chi connectivity index (χ1n) is 12.1. The SMILES string of the molecule is CNC(=O)c1ccc(NC(=O)c2ccccc2)cc1-c1cn2ccnc2c(Nc2ccc(OC)c(OC)c2)n1. The number of ether oxygens (including phenoxy) is 2. The van der Waals surface area contributed by atoms with E-state index in [2.05, 4.69) is 20.9 Å². The van der Waals surface area contributed by atoms with Gasteiger partial charge in [-0.3, -0.25) is 9.59 Å². The van der Waals surface area contributed by atoms with Crippen molar-refractivity contribution in [3.8, 4) is 22.8 Å². The van der Waals surface area contributed by atoms with E-state index < -0.39 is 0 Å². The van der Waals surface area contributed by atoms with Crippen LogP contribution in [0.15, 0.2) is 85.3 Å². The van der Waals surface area contributed by atoms with Crippen LogP contribution in [-0.4, -0.2) is 47.5 Å². The zero-order chi connectivity index (χ0) is 27.4. The van der Waals surface area contributed by atoms with Gasteiger partial charge in [0.15, 0.2) is 23.0 Å². The zero-order valence-electron chi connectivity index (χ0n) is 21.6. The minimum absolute atomic E-state index is 0.261. The van der Waals surface area contributed by atoms with Crippen LogP contribution in [-0.2, 0) is 0 Å². The van der Waals surface area contributed by atoms with Gasteiger partial charge < -0.3 is 29.8 Å². The summed E-state index contributed by atoms with van der Waals surface area (Å²) in [5.74, 6) is 1.07. The number of hydrogen-bond acceptors (Lipinski definition) is 7. The number of hydrogen-bond donors (Lipinski definition) is 3. The summed E-state index contributed by atoms with van der Waals surface area (Å²) >= 11 is 0. The van der Waals surface area contributed by atoms with E-state index in [0.717, 1.165) is 0 Å². The predicted molar refractivity (Wildman–Crippen MR) is 149 cm³/mol. The number of carbonyl (C=O) groups excluding carboxylic acids is 2. The molecule has 10 nitrogen and oxygen atoms in total. The molecule has 2 aromatic heterocycles. The molecule has 0 bridgehead atoms. The molecule has 10 heteroatoms. The second kappa shape index (κ2) is 10.9. The van der Waals surface area contributed by atoms with Crippen molar-refractivity contribution in [3.05, 3.63) is 96.4 Å². The average molecular weight is 523 g/mol. The Morgan fingerprint density at radius 3 is 2.38 bits per heavy atom. The number of fused-ring (bicyclic) bond motifs is 1. The van der Waals surface area contributed by atoms with Crippen molar-refractivity contribution >= 4 is 34.7 Å². The summed E-state index contributed by atoms with van der Waals surface area (Å²) in [4.78, 5) is 34.9. The van der Waals surface area contributed by atoms with Gasteiger partial charge in [-0.2, -0.15) is 0 Å². The molecular formula is C29H26N6O4. The monoisotopic (exact) mass is 522 g/mol. The van der Waals surface area contributed by atoms with Crippen molar-refractivity contribution < 1.29 is 19.1 Å². The van der Waals surface area contributed by atoms with Crippen LogP contribution in [0.2, 0.25) is 0 Å². The molecular weight excluding hydrogens is 496 g/mol. The third kappa shape index (κ3) is 5.21. The van der Waals surface area contributed by atoms with E-state index in [0.29, 0.717) is 56.7 Å². The summed E-state index contributed by atoms with van der Waals surface area (Å²) in [5, 5.41) is 8.88. The van der Waals surface area contributed by atoms with Gasteiger partial charge in [0.2, 0.25) is 0 Å². The molecule has 0 aliphatic carbocycles. The van der Waals surface area contributed by atoms with Gasteiger partial charge in [0, 0.05) is 59.8 Å². The van der Waals surface area contributed by atoms with E-state index in [1.54, 1.807) is 94.5 Å². The minimum atomic E-state index is -0.284. The highest BCUT2D eigenvalue weighted by Gasteiger charge is 2.18. The lowest BCUT2D eigenvalue weighted by atomic mass is 10.0. The molecule has 0 aliphatic heterocycles. The first kappa shape index (κ1) is 25.3. The van der Waals surface area contributed by atoms with E-state index in [-0.39, 0.29) is 11.8 Å². The number of imidazole rings is 1. The van der Waals surface area contributed by atoms with Crippen LogP contribution in [0.4, 0.5) is 17.2 Å². The lowest BCUT2D eigenvalue weighted by Crippen LogP contribution is -2.19. The average Bonchev–Trinajstić information content (AvgIpc) is 3.46. The van der Waals surface area contributed by atoms with Crippen LogP contribution in [0.1, 0.15) is 20.7 Å². The number of aromatic nitrogens is 3. The van der Waals surface area contributed by atoms with Crippen molar-refractivity contribution in [1.82, 2.24) is 19.7 Å². The molecule has 0 radical (unpaired) electrons. The molecule has 3 N–H and O–H groups in total. The zero-order valence-corrected chi connectivity index (χ0v) is 21.6. The van der Waals surface area contributed by atoms with Gasteiger partial charge in [-0.15, -0.1) is 0 Å². The van der Waals surface area contributed by atoms with Crippen LogP contribution in [0.25, 0.3) is 16.9 Å². The first-order valence-corrected chi connectivity index (χ1v) is 12.1. The van der Waals surface area contributed by atoms with Crippen LogP contribution < -0.4 is 25.4 Å². The Morgan fingerprint density at radius 2 is 1.64 bits per heavy atom. The third-order valence-corrected chi connectivity index (χ3v) is 6.08. The molecule has 0 spiro atoms. The van der Waals surface area contributed by atoms with Crippen LogP contribution in [0.5, 0.6) is 11.5 Å². The quantitative estimate of drug-likeness (QED) is 0.269. The molecule has 0 unspecified atom stereocenters. The number of methoxy groups -OCH3 is 2. The van der Waals surface area contributed by atoms with Crippen molar-refractivity contribution in [2.24, 2.45) is 0 Å². The maximum Gasteiger partial charge on any atom is 0.255 e. The Balaban J connectivity index is 1.57. The fraction of sp³-hybridized carbons (Fsp3) is 0.103. The van der Waals surface area contributed by atoms with Gasteiger partial charge in [0.05, 0.1) is 19.9 Å². The van der Waals surface area contributed by atoms with Crippen LogP contribution >= 0.6 is 0 Å². The molecule has 2 amide bonds. The highest BCUT2D eigenvalue weighted by molar-refractivity contribution is 6.06. The summed E-state index contributed by atoms with van der Waals surface area (Å²) in [5.41, 5.74) is 3.77. The topological polar surface area (TPSA) is 119 Å². The Bertz CT molecular complexity index is 1670. The van der Waals surface area contributed by atoms with Crippen LogP contribution in [0, 0.1) is 0 Å². The molecule has 0 aliphatic rings. The summed E-state index contributed by atoms with van der Waals surface area (Å²) in [6.45, 7) is 0. The summed E-state index contributed by atoms with van der Waals surface area (Å²) in [6.07, 6.45) is 5.24. The normalized spacial score (nSPS) is 10.6. The van der Waals surface area contributed by atoms with Gasteiger partial charge >= 0.3 is 0 Å². The smallest absolute Gasteiger partial charge is 0.255 e. The number of rotatable bonds is 8. The molecule has 3 aromatic carbocycles. The lowest BCUT2D eigenvalue weighted by molar-refractivity contribution is 0.0963. The molecule has 0 saturated heterocycles. The maximum absolute atomic E-state index is 12.8. The van der Waals surface area contributed by atoms with Crippen molar-refractivity contribution in [3.63, 3.8) is 0 Å². The van der Waals surface area contributed by atoms with E-state index in [9.17, 15) is 9.59 Å². The first-order chi connectivity index (χ1) is 19.0. The van der Waals surface area contributed by atoms with Crippen molar-refractivity contribution in [2.45, 2.75) is 0 Å². The van der Waals surface area contributed by atoms with E-state index >= 15 is 0 Å². The molecule has 2 heterocycles. The van der Waals surface area contributed by atoms with Crippen molar-refractivity contribution in [2.75, 3.05) is 31.9 Å². The number of nitrogens with zero attached hydrogens (tertiary/aromatic N) is 3. The molecule has 0 fully saturated rings.